The van der Waals surface area contributed by atoms with Crippen molar-refractivity contribution in [1.29, 1.82) is 0 Å². The first-order valence-corrected chi connectivity index (χ1v) is 7.41. The summed E-state index contributed by atoms with van der Waals surface area (Å²) in [5.41, 5.74) is -1.15. The number of hydrogen-bond acceptors (Lipinski definition) is 4. The lowest BCUT2D eigenvalue weighted by atomic mass is 9.53. The van der Waals surface area contributed by atoms with Gasteiger partial charge < -0.3 is 10.2 Å². The topological polar surface area (TPSA) is 105 Å². The Hall–Kier alpha value is -1.92. The van der Waals surface area contributed by atoms with Gasteiger partial charge in [-0.3, -0.25) is 0 Å². The van der Waals surface area contributed by atoms with Gasteiger partial charge in [0.1, 0.15) is 0 Å². The van der Waals surface area contributed by atoms with Gasteiger partial charge in [0.2, 0.25) is 11.4 Å². The van der Waals surface area contributed by atoms with E-state index in [9.17, 15) is 9.59 Å². The molecule has 5 rings (SSSR count). The van der Waals surface area contributed by atoms with Gasteiger partial charge in [0.25, 0.3) is 0 Å². The Morgan fingerprint density at radius 2 is 1.29 bits per heavy atom. The van der Waals surface area contributed by atoms with Crippen molar-refractivity contribution in [2.24, 2.45) is 17.8 Å². The minimum atomic E-state index is -1.33. The summed E-state index contributed by atoms with van der Waals surface area (Å²) in [4.78, 5) is 23.8. The van der Waals surface area contributed by atoms with Crippen molar-refractivity contribution in [3.8, 4) is 0 Å². The maximum absolute atomic E-state index is 11.2. The molecule has 0 unspecified atom stereocenters. The average Bonchev–Trinajstić information content (AvgIpc) is 2.82. The fourth-order valence-electron chi connectivity index (χ4n) is 5.12. The van der Waals surface area contributed by atoms with Crippen LogP contribution >= 0.6 is 0 Å². The Labute approximate surface area is 121 Å². The lowest BCUT2D eigenvalue weighted by Gasteiger charge is -2.55. The van der Waals surface area contributed by atoms with Gasteiger partial charge in [0, 0.05) is 0 Å². The molecule has 4 aliphatic rings. The highest BCUT2D eigenvalue weighted by Crippen LogP contribution is 2.58. The molecular formula is C14H17N3O4. The minimum Gasteiger partial charge on any atom is -0.476 e. The van der Waals surface area contributed by atoms with Crippen LogP contribution in [0.2, 0.25) is 0 Å². The van der Waals surface area contributed by atoms with Crippen LogP contribution in [-0.4, -0.2) is 37.1 Å². The molecule has 0 amide bonds. The quantitative estimate of drug-likeness (QED) is 0.876. The van der Waals surface area contributed by atoms with Crippen molar-refractivity contribution < 1.29 is 19.8 Å². The first-order valence-electron chi connectivity index (χ1n) is 7.41. The lowest BCUT2D eigenvalue weighted by Crippen LogP contribution is -2.52. The van der Waals surface area contributed by atoms with Gasteiger partial charge in [0.05, 0.1) is 5.54 Å². The molecule has 7 heteroatoms. The molecule has 4 fully saturated rings. The van der Waals surface area contributed by atoms with E-state index >= 15 is 0 Å². The number of carbonyl (C=O) groups is 2. The van der Waals surface area contributed by atoms with Gasteiger partial charge in [-0.2, -0.15) is 4.80 Å². The van der Waals surface area contributed by atoms with E-state index in [4.69, 9.17) is 10.2 Å². The third-order valence-corrected chi connectivity index (χ3v) is 5.45. The second-order valence-electron chi connectivity index (χ2n) is 6.94. The second kappa shape index (κ2) is 4.05. The molecule has 21 heavy (non-hydrogen) atoms. The van der Waals surface area contributed by atoms with E-state index in [2.05, 4.69) is 10.2 Å². The van der Waals surface area contributed by atoms with Gasteiger partial charge in [-0.1, -0.05) is 0 Å². The normalized spacial score (nSPS) is 36.9. The van der Waals surface area contributed by atoms with Crippen molar-refractivity contribution in [2.75, 3.05) is 0 Å². The Bertz CT molecular complexity index is 569. The molecule has 0 atom stereocenters. The fraction of sp³-hybridized carbons (Fsp3) is 0.714. The largest absolute Gasteiger partial charge is 0.476 e. The number of nitrogens with zero attached hydrogens (tertiary/aromatic N) is 3. The van der Waals surface area contributed by atoms with Gasteiger partial charge in [0.15, 0.2) is 0 Å². The SMILES string of the molecule is O=C(O)c1nn(C23CC4CC(CC(C4)C2)C3)nc1C(=O)O. The second-order valence-corrected chi connectivity index (χ2v) is 6.94. The van der Waals surface area contributed by atoms with Crippen LogP contribution in [0.5, 0.6) is 0 Å². The Kier molecular flexibility index (Phi) is 2.47. The molecule has 7 nitrogen and oxygen atoms in total. The summed E-state index contributed by atoms with van der Waals surface area (Å²) in [6, 6.07) is 0. The lowest BCUT2D eigenvalue weighted by molar-refractivity contribution is -0.0569. The van der Waals surface area contributed by atoms with E-state index in [-0.39, 0.29) is 5.54 Å². The highest BCUT2D eigenvalue weighted by molar-refractivity contribution is 5.98. The van der Waals surface area contributed by atoms with Crippen molar-refractivity contribution in [3.05, 3.63) is 11.4 Å². The van der Waals surface area contributed by atoms with Crippen LogP contribution in [0.1, 0.15) is 59.5 Å². The van der Waals surface area contributed by atoms with Crippen LogP contribution in [0.15, 0.2) is 0 Å². The third-order valence-electron chi connectivity index (χ3n) is 5.45. The molecule has 0 saturated heterocycles. The highest BCUT2D eigenvalue weighted by atomic mass is 16.4. The number of rotatable bonds is 3. The Morgan fingerprint density at radius 1 is 0.905 bits per heavy atom. The zero-order valence-corrected chi connectivity index (χ0v) is 11.5. The fourth-order valence-corrected chi connectivity index (χ4v) is 5.12. The predicted octanol–water partition coefficient (Wildman–Crippen LogP) is 1.60. The van der Waals surface area contributed by atoms with Crippen LogP contribution in [0, 0.1) is 17.8 Å². The zero-order chi connectivity index (χ0) is 14.8. The molecule has 0 spiro atoms. The molecule has 1 aromatic heterocycles. The zero-order valence-electron chi connectivity index (χ0n) is 11.5. The van der Waals surface area contributed by atoms with Gasteiger partial charge in [-0.15, -0.1) is 10.2 Å². The first-order chi connectivity index (χ1) is 9.97. The molecular weight excluding hydrogens is 274 g/mol. The van der Waals surface area contributed by atoms with Gasteiger partial charge >= 0.3 is 11.9 Å². The molecule has 1 aromatic rings. The maximum Gasteiger partial charge on any atom is 0.359 e. The summed E-state index contributed by atoms with van der Waals surface area (Å²) in [5, 5.41) is 26.4. The summed E-state index contributed by atoms with van der Waals surface area (Å²) in [7, 11) is 0. The van der Waals surface area contributed by atoms with Crippen molar-refractivity contribution in [3.63, 3.8) is 0 Å². The number of carboxylic acid groups (broad SMARTS) is 2. The van der Waals surface area contributed by atoms with Crippen molar-refractivity contribution >= 4 is 11.9 Å². The standard InChI is InChI=1S/C14H17N3O4/c18-12(19)10-11(13(20)21)16-17(15-10)14-4-7-1-8(5-14)3-9(2-7)6-14/h7-9H,1-6H2,(H,18,19)(H,20,21). The Balaban J connectivity index is 1.78. The number of aromatic carboxylic acids is 2. The van der Waals surface area contributed by atoms with Crippen LogP contribution < -0.4 is 0 Å². The molecule has 4 aliphatic carbocycles. The van der Waals surface area contributed by atoms with Crippen molar-refractivity contribution in [2.45, 2.75) is 44.1 Å². The average molecular weight is 291 g/mol. The van der Waals surface area contributed by atoms with Crippen LogP contribution in [0.3, 0.4) is 0 Å². The van der Waals surface area contributed by atoms with Crippen LogP contribution in [0.4, 0.5) is 0 Å². The minimum absolute atomic E-state index is 0.257. The van der Waals surface area contributed by atoms with Crippen molar-refractivity contribution in [1.82, 2.24) is 15.0 Å². The maximum atomic E-state index is 11.2. The summed E-state index contributed by atoms with van der Waals surface area (Å²) in [6.45, 7) is 0. The van der Waals surface area contributed by atoms with Gasteiger partial charge in [-0.25, -0.2) is 9.59 Å². The molecule has 1 heterocycles. The van der Waals surface area contributed by atoms with E-state index in [0.717, 1.165) is 19.3 Å². The number of aromatic nitrogens is 3. The smallest absolute Gasteiger partial charge is 0.359 e. The summed E-state index contributed by atoms with van der Waals surface area (Å²) >= 11 is 0. The molecule has 0 aromatic carbocycles. The molecule has 112 valence electrons. The molecule has 4 bridgehead atoms. The van der Waals surface area contributed by atoms with E-state index in [1.165, 1.54) is 24.1 Å². The number of hydrogen-bond donors (Lipinski definition) is 2. The van der Waals surface area contributed by atoms with E-state index < -0.39 is 23.3 Å². The van der Waals surface area contributed by atoms with E-state index in [1.54, 1.807) is 0 Å². The monoisotopic (exact) mass is 291 g/mol. The summed E-state index contributed by atoms with van der Waals surface area (Å²) in [6.07, 6.45) is 6.59. The summed E-state index contributed by atoms with van der Waals surface area (Å²) in [5.74, 6) is -0.692. The van der Waals surface area contributed by atoms with Gasteiger partial charge in [-0.05, 0) is 56.3 Å². The molecule has 2 N–H and O–H groups in total. The third kappa shape index (κ3) is 1.79. The molecule has 0 aliphatic heterocycles. The molecule has 4 saturated carbocycles. The summed E-state index contributed by atoms with van der Waals surface area (Å²) < 4.78 is 0. The van der Waals surface area contributed by atoms with Crippen LogP contribution in [-0.2, 0) is 5.54 Å². The van der Waals surface area contributed by atoms with E-state index in [0.29, 0.717) is 17.8 Å². The van der Waals surface area contributed by atoms with Crippen LogP contribution in [0.25, 0.3) is 0 Å². The molecule has 0 radical (unpaired) electrons. The van der Waals surface area contributed by atoms with E-state index in [1.807, 2.05) is 0 Å². The highest BCUT2D eigenvalue weighted by Gasteiger charge is 2.53. The predicted molar refractivity (Wildman–Crippen MR) is 70.1 cm³/mol. The number of carboxylic acids is 2. The Morgan fingerprint density at radius 3 is 1.62 bits per heavy atom. The first kappa shape index (κ1) is 12.8.